The van der Waals surface area contributed by atoms with Gasteiger partial charge in [0.25, 0.3) is 0 Å². The van der Waals surface area contributed by atoms with Gasteiger partial charge in [-0.05, 0) is 64.3 Å². The summed E-state index contributed by atoms with van der Waals surface area (Å²) in [6, 6.07) is 7.57. The molecule has 0 bridgehead atoms. The molecule has 5 heteroatoms. The maximum absolute atomic E-state index is 12.7. The number of carbonyl (C=O) groups is 1. The average molecular weight is 366 g/mol. The highest BCUT2D eigenvalue weighted by Gasteiger charge is 2.44. The SMILES string of the molecule is CCC(=C[C@H]1COC(C)(C)N1C(=O)OC(C)(C)C)c1ccc(Cl)cc1. The number of hydrogen-bond acceptors (Lipinski definition) is 3. The first kappa shape index (κ1) is 19.8. The summed E-state index contributed by atoms with van der Waals surface area (Å²) in [5.74, 6) is 0. The third-order valence-electron chi connectivity index (χ3n) is 4.10. The second-order valence-electron chi connectivity index (χ2n) is 7.73. The molecule has 1 atom stereocenters. The normalized spacial score (nSPS) is 20.7. The maximum Gasteiger partial charge on any atom is 0.413 e. The third-order valence-corrected chi connectivity index (χ3v) is 4.35. The summed E-state index contributed by atoms with van der Waals surface area (Å²) in [4.78, 5) is 14.4. The predicted molar refractivity (Wildman–Crippen MR) is 102 cm³/mol. The first-order valence-corrected chi connectivity index (χ1v) is 9.04. The third kappa shape index (κ3) is 4.99. The van der Waals surface area contributed by atoms with E-state index in [1.54, 1.807) is 4.90 Å². The fourth-order valence-electron chi connectivity index (χ4n) is 2.94. The molecule has 25 heavy (non-hydrogen) atoms. The van der Waals surface area contributed by atoms with Crippen molar-refractivity contribution in [1.29, 1.82) is 0 Å². The van der Waals surface area contributed by atoms with Gasteiger partial charge in [0.1, 0.15) is 11.3 Å². The second-order valence-corrected chi connectivity index (χ2v) is 8.16. The van der Waals surface area contributed by atoms with Gasteiger partial charge in [-0.3, -0.25) is 4.90 Å². The number of ether oxygens (including phenoxy) is 2. The molecule has 0 radical (unpaired) electrons. The molecule has 0 spiro atoms. The molecule has 1 fully saturated rings. The summed E-state index contributed by atoms with van der Waals surface area (Å²) in [6.45, 7) is 11.9. The summed E-state index contributed by atoms with van der Waals surface area (Å²) in [5.41, 5.74) is 0.994. The summed E-state index contributed by atoms with van der Waals surface area (Å²) in [5, 5.41) is 0.708. The molecule has 1 heterocycles. The number of hydrogen-bond donors (Lipinski definition) is 0. The molecule has 0 N–H and O–H groups in total. The van der Waals surface area contributed by atoms with Crippen LogP contribution in [0.15, 0.2) is 30.3 Å². The van der Waals surface area contributed by atoms with Crippen molar-refractivity contribution in [2.24, 2.45) is 0 Å². The number of carbonyl (C=O) groups excluding carboxylic acids is 1. The molecule has 1 aromatic rings. The van der Waals surface area contributed by atoms with Crippen LogP contribution in [0.2, 0.25) is 5.02 Å². The van der Waals surface area contributed by atoms with Gasteiger partial charge in [-0.2, -0.15) is 0 Å². The van der Waals surface area contributed by atoms with Crippen molar-refractivity contribution >= 4 is 23.3 Å². The van der Waals surface area contributed by atoms with E-state index in [-0.39, 0.29) is 12.1 Å². The lowest BCUT2D eigenvalue weighted by Gasteiger charge is -2.34. The Morgan fingerprint density at radius 1 is 1.36 bits per heavy atom. The maximum atomic E-state index is 12.7. The van der Waals surface area contributed by atoms with Gasteiger partial charge < -0.3 is 9.47 Å². The van der Waals surface area contributed by atoms with Gasteiger partial charge in [0.05, 0.1) is 12.6 Å². The lowest BCUT2D eigenvalue weighted by molar-refractivity contribution is -0.0610. The molecule has 2 rings (SSSR count). The molecule has 0 saturated carbocycles. The molecule has 0 aromatic heterocycles. The van der Waals surface area contributed by atoms with Crippen molar-refractivity contribution in [3.8, 4) is 0 Å². The van der Waals surface area contributed by atoms with Crippen molar-refractivity contribution in [1.82, 2.24) is 4.90 Å². The fourth-order valence-corrected chi connectivity index (χ4v) is 3.06. The van der Waals surface area contributed by atoms with E-state index < -0.39 is 11.3 Å². The van der Waals surface area contributed by atoms with Gasteiger partial charge in [-0.25, -0.2) is 4.79 Å². The van der Waals surface area contributed by atoms with Gasteiger partial charge in [-0.15, -0.1) is 0 Å². The molecule has 1 saturated heterocycles. The standard InChI is InChI=1S/C20H28ClNO3/c1-7-14(15-8-10-16(21)11-9-15)12-17-13-24-20(5,6)22(17)18(23)25-19(2,3)4/h8-12,17H,7,13H2,1-6H3/t17-/m0/s1. The van der Waals surface area contributed by atoms with E-state index in [4.69, 9.17) is 21.1 Å². The Hall–Kier alpha value is -1.52. The predicted octanol–water partition coefficient (Wildman–Crippen LogP) is 5.51. The van der Waals surface area contributed by atoms with Crippen LogP contribution in [-0.4, -0.2) is 35.0 Å². The van der Waals surface area contributed by atoms with Gasteiger partial charge in [-0.1, -0.05) is 36.7 Å². The number of allylic oxidation sites excluding steroid dienone is 1. The molecule has 138 valence electrons. The molecule has 1 amide bonds. The Morgan fingerprint density at radius 3 is 2.48 bits per heavy atom. The highest BCUT2D eigenvalue weighted by Crippen LogP contribution is 2.32. The zero-order valence-electron chi connectivity index (χ0n) is 15.9. The molecule has 1 aliphatic rings. The molecule has 1 aliphatic heterocycles. The number of benzene rings is 1. The smallest absolute Gasteiger partial charge is 0.413 e. The first-order chi connectivity index (χ1) is 11.5. The van der Waals surface area contributed by atoms with E-state index in [2.05, 4.69) is 13.0 Å². The van der Waals surface area contributed by atoms with Crippen molar-refractivity contribution in [3.63, 3.8) is 0 Å². The summed E-state index contributed by atoms with van der Waals surface area (Å²) in [7, 11) is 0. The van der Waals surface area contributed by atoms with Crippen LogP contribution in [0.4, 0.5) is 4.79 Å². The van der Waals surface area contributed by atoms with E-state index in [0.29, 0.717) is 11.6 Å². The minimum atomic E-state index is -0.706. The van der Waals surface area contributed by atoms with E-state index in [1.807, 2.05) is 58.9 Å². The molecule has 0 aliphatic carbocycles. The fraction of sp³-hybridized carbons (Fsp3) is 0.550. The lowest BCUT2D eigenvalue weighted by Crippen LogP contribution is -2.49. The van der Waals surface area contributed by atoms with Gasteiger partial charge in [0.2, 0.25) is 0 Å². The number of nitrogens with zero attached hydrogens (tertiary/aromatic N) is 1. The Kier molecular flexibility index (Phi) is 5.85. The van der Waals surface area contributed by atoms with E-state index in [0.717, 1.165) is 17.6 Å². The first-order valence-electron chi connectivity index (χ1n) is 8.66. The van der Waals surface area contributed by atoms with Crippen molar-refractivity contribution < 1.29 is 14.3 Å². The van der Waals surface area contributed by atoms with Gasteiger partial charge in [0.15, 0.2) is 0 Å². The Balaban J connectivity index is 2.31. The Labute approximate surface area is 155 Å². The second kappa shape index (κ2) is 7.38. The average Bonchev–Trinajstić information content (AvgIpc) is 2.78. The lowest BCUT2D eigenvalue weighted by atomic mass is 10.0. The summed E-state index contributed by atoms with van der Waals surface area (Å²) in [6.07, 6.45) is 2.59. The Morgan fingerprint density at radius 2 is 1.96 bits per heavy atom. The largest absolute Gasteiger partial charge is 0.444 e. The molecule has 1 aromatic carbocycles. The van der Waals surface area contributed by atoms with Gasteiger partial charge in [0, 0.05) is 5.02 Å². The number of halogens is 1. The van der Waals surface area contributed by atoms with Crippen LogP contribution in [0.5, 0.6) is 0 Å². The summed E-state index contributed by atoms with van der Waals surface area (Å²) >= 11 is 5.98. The van der Waals surface area contributed by atoms with Crippen molar-refractivity contribution in [3.05, 3.63) is 40.9 Å². The number of rotatable bonds is 3. The van der Waals surface area contributed by atoms with Crippen molar-refractivity contribution in [2.45, 2.75) is 65.3 Å². The van der Waals surface area contributed by atoms with Gasteiger partial charge >= 0.3 is 6.09 Å². The molecule has 4 nitrogen and oxygen atoms in total. The highest BCUT2D eigenvalue weighted by molar-refractivity contribution is 6.30. The topological polar surface area (TPSA) is 38.8 Å². The highest BCUT2D eigenvalue weighted by atomic mass is 35.5. The van der Waals surface area contributed by atoms with Crippen molar-refractivity contribution in [2.75, 3.05) is 6.61 Å². The van der Waals surface area contributed by atoms with Crippen LogP contribution in [0.3, 0.4) is 0 Å². The number of amides is 1. The van der Waals surface area contributed by atoms with E-state index in [9.17, 15) is 4.79 Å². The zero-order chi connectivity index (χ0) is 18.8. The molecule has 0 unspecified atom stereocenters. The minimum Gasteiger partial charge on any atom is -0.444 e. The minimum absolute atomic E-state index is 0.171. The van der Waals surface area contributed by atoms with Crippen LogP contribution < -0.4 is 0 Å². The quantitative estimate of drug-likeness (QED) is 0.709. The van der Waals surface area contributed by atoms with Crippen LogP contribution in [-0.2, 0) is 9.47 Å². The van der Waals surface area contributed by atoms with E-state index in [1.165, 1.54) is 0 Å². The summed E-state index contributed by atoms with van der Waals surface area (Å²) < 4.78 is 11.4. The van der Waals surface area contributed by atoms with Crippen LogP contribution in [0.1, 0.15) is 53.5 Å². The van der Waals surface area contributed by atoms with E-state index >= 15 is 0 Å². The molecular weight excluding hydrogens is 338 g/mol. The van der Waals surface area contributed by atoms with Crippen LogP contribution >= 0.6 is 11.6 Å². The van der Waals surface area contributed by atoms with Crippen LogP contribution in [0, 0.1) is 0 Å². The zero-order valence-corrected chi connectivity index (χ0v) is 16.7. The molecular formula is C20H28ClNO3. The van der Waals surface area contributed by atoms with Crippen LogP contribution in [0.25, 0.3) is 5.57 Å². The monoisotopic (exact) mass is 365 g/mol. The Bertz CT molecular complexity index is 644.